The van der Waals surface area contributed by atoms with E-state index in [-0.39, 0.29) is 28.5 Å². The number of sulfonamides is 1. The fourth-order valence-corrected chi connectivity index (χ4v) is 3.72. The van der Waals surface area contributed by atoms with Gasteiger partial charge in [-0.3, -0.25) is 4.79 Å². The first-order chi connectivity index (χ1) is 13.3. The van der Waals surface area contributed by atoms with Crippen LogP contribution in [0, 0.1) is 11.3 Å². The van der Waals surface area contributed by atoms with Crippen LogP contribution in [0.5, 0.6) is 5.88 Å². The summed E-state index contributed by atoms with van der Waals surface area (Å²) in [5.74, 6) is -0.0536. The Balaban J connectivity index is 1.67. The summed E-state index contributed by atoms with van der Waals surface area (Å²) < 4.78 is 31.1. The lowest BCUT2D eigenvalue weighted by atomic mass is 10.2. The molecule has 1 aromatic heterocycles. The van der Waals surface area contributed by atoms with Crippen LogP contribution in [0.1, 0.15) is 22.5 Å². The van der Waals surface area contributed by atoms with Gasteiger partial charge < -0.3 is 9.64 Å². The summed E-state index contributed by atoms with van der Waals surface area (Å²) >= 11 is 0. The van der Waals surface area contributed by atoms with E-state index in [0.717, 1.165) is 4.31 Å². The molecule has 1 fully saturated rings. The Hall–Kier alpha value is -3.03. The molecule has 2 heterocycles. The van der Waals surface area contributed by atoms with Crippen LogP contribution >= 0.6 is 0 Å². The zero-order chi connectivity index (χ0) is 20.3. The second kappa shape index (κ2) is 7.92. The van der Waals surface area contributed by atoms with Gasteiger partial charge in [0.05, 0.1) is 11.4 Å². The molecule has 0 bridgehead atoms. The second-order valence-electron chi connectivity index (χ2n) is 6.41. The number of hydrogen-bond donors (Lipinski definition) is 0. The van der Waals surface area contributed by atoms with Crippen molar-refractivity contribution in [3.63, 3.8) is 0 Å². The molecule has 1 atom stereocenters. The summed E-state index contributed by atoms with van der Waals surface area (Å²) in [4.78, 5) is 22.4. The summed E-state index contributed by atoms with van der Waals surface area (Å²) in [5, 5.41) is 9.05. The van der Waals surface area contributed by atoms with Crippen LogP contribution in [0.3, 0.4) is 0 Å². The number of carbonyl (C=O) groups excluding carboxylic acids is 1. The van der Waals surface area contributed by atoms with Crippen LogP contribution in [0.25, 0.3) is 0 Å². The first-order valence-corrected chi connectivity index (χ1v) is 9.96. The van der Waals surface area contributed by atoms with Crippen molar-refractivity contribution in [2.75, 3.05) is 27.2 Å². The Bertz CT molecular complexity index is 1020. The monoisotopic (exact) mass is 401 g/mol. The molecule has 0 aliphatic carbocycles. The largest absolute Gasteiger partial charge is 0.470 e. The van der Waals surface area contributed by atoms with Crippen molar-refractivity contribution in [2.45, 2.75) is 17.4 Å². The lowest BCUT2D eigenvalue weighted by Crippen LogP contribution is -2.31. The number of ether oxygens (including phenoxy) is 1. The predicted octanol–water partition coefficient (Wildman–Crippen LogP) is 0.892. The lowest BCUT2D eigenvalue weighted by molar-refractivity contribution is 0.0771. The van der Waals surface area contributed by atoms with E-state index in [1.54, 1.807) is 4.90 Å². The van der Waals surface area contributed by atoms with Crippen molar-refractivity contribution in [1.29, 1.82) is 5.26 Å². The van der Waals surface area contributed by atoms with E-state index < -0.39 is 10.0 Å². The van der Waals surface area contributed by atoms with E-state index >= 15 is 0 Å². The third-order valence-corrected chi connectivity index (χ3v) is 6.19. The third-order valence-electron chi connectivity index (χ3n) is 4.36. The number of rotatable bonds is 5. The summed E-state index contributed by atoms with van der Waals surface area (Å²) in [5.41, 5.74) is 0.500. The van der Waals surface area contributed by atoms with E-state index in [1.807, 2.05) is 6.07 Å². The zero-order valence-electron chi connectivity index (χ0n) is 15.4. The van der Waals surface area contributed by atoms with E-state index in [9.17, 15) is 13.2 Å². The van der Waals surface area contributed by atoms with Crippen LogP contribution in [-0.4, -0.2) is 66.8 Å². The standard InChI is InChI=1S/C18H19N5O4S/c1-22(2)28(25,26)15-5-3-13(4-6-15)18(24)23-10-7-14(12-23)27-17-16(11-19)20-8-9-21-17/h3-6,8-9,14H,7,10,12H2,1-2H3. The van der Waals surface area contributed by atoms with Gasteiger partial charge in [0.15, 0.2) is 0 Å². The summed E-state index contributed by atoms with van der Waals surface area (Å²) in [6.45, 7) is 0.835. The number of hydrogen-bond acceptors (Lipinski definition) is 7. The summed E-state index contributed by atoms with van der Waals surface area (Å²) in [7, 11) is -0.635. The molecule has 1 unspecified atom stereocenters. The van der Waals surface area contributed by atoms with Crippen LogP contribution in [0.15, 0.2) is 41.6 Å². The second-order valence-corrected chi connectivity index (χ2v) is 8.57. The minimum absolute atomic E-state index is 0.102. The zero-order valence-corrected chi connectivity index (χ0v) is 16.3. The van der Waals surface area contributed by atoms with Crippen molar-refractivity contribution in [2.24, 2.45) is 0 Å². The van der Waals surface area contributed by atoms with Gasteiger partial charge in [0.25, 0.3) is 11.8 Å². The predicted molar refractivity (Wildman–Crippen MR) is 99.0 cm³/mol. The summed E-state index contributed by atoms with van der Waals surface area (Å²) in [6.07, 6.45) is 3.16. The van der Waals surface area contributed by atoms with Gasteiger partial charge in [0.2, 0.25) is 15.7 Å². The topological polar surface area (TPSA) is 116 Å². The fraction of sp³-hybridized carbons (Fsp3) is 0.333. The maximum atomic E-state index is 12.7. The van der Waals surface area contributed by atoms with E-state index in [2.05, 4.69) is 9.97 Å². The van der Waals surface area contributed by atoms with Crippen LogP contribution in [0.4, 0.5) is 0 Å². The van der Waals surface area contributed by atoms with Crippen molar-refractivity contribution in [3.05, 3.63) is 47.9 Å². The molecule has 0 spiro atoms. The lowest BCUT2D eigenvalue weighted by Gasteiger charge is -2.17. The van der Waals surface area contributed by atoms with Crippen LogP contribution in [0.2, 0.25) is 0 Å². The molecule has 3 rings (SSSR count). The number of nitrogens with zero attached hydrogens (tertiary/aromatic N) is 5. The Morgan fingerprint density at radius 1 is 1.25 bits per heavy atom. The molecule has 1 saturated heterocycles. The molecule has 10 heteroatoms. The van der Waals surface area contributed by atoms with E-state index in [4.69, 9.17) is 10.00 Å². The maximum absolute atomic E-state index is 12.7. The first kappa shape index (κ1) is 19.7. The van der Waals surface area contributed by atoms with Gasteiger partial charge in [-0.05, 0) is 24.3 Å². The minimum atomic E-state index is -3.54. The summed E-state index contributed by atoms with van der Waals surface area (Å²) in [6, 6.07) is 7.77. The Morgan fingerprint density at radius 3 is 2.57 bits per heavy atom. The molecule has 1 aliphatic rings. The molecule has 1 aromatic carbocycles. The van der Waals surface area contributed by atoms with Crippen LogP contribution in [-0.2, 0) is 10.0 Å². The van der Waals surface area contributed by atoms with E-state index in [0.29, 0.717) is 25.1 Å². The highest BCUT2D eigenvalue weighted by atomic mass is 32.2. The average molecular weight is 401 g/mol. The fourth-order valence-electron chi connectivity index (χ4n) is 2.82. The molecule has 9 nitrogen and oxygen atoms in total. The highest BCUT2D eigenvalue weighted by Crippen LogP contribution is 2.21. The van der Waals surface area contributed by atoms with Gasteiger partial charge >= 0.3 is 0 Å². The molecule has 28 heavy (non-hydrogen) atoms. The number of carbonyl (C=O) groups is 1. The molecule has 0 N–H and O–H groups in total. The number of benzene rings is 1. The smallest absolute Gasteiger partial charge is 0.253 e. The van der Waals surface area contributed by atoms with Crippen molar-refractivity contribution < 1.29 is 17.9 Å². The van der Waals surface area contributed by atoms with Gasteiger partial charge in [0, 0.05) is 45.0 Å². The highest BCUT2D eigenvalue weighted by Gasteiger charge is 2.29. The Labute approximate surface area is 163 Å². The first-order valence-electron chi connectivity index (χ1n) is 8.52. The SMILES string of the molecule is CN(C)S(=O)(=O)c1ccc(C(=O)N2CCC(Oc3nccnc3C#N)C2)cc1. The molecule has 1 aliphatic heterocycles. The number of amides is 1. The third kappa shape index (κ3) is 3.95. The van der Waals surface area contributed by atoms with Crippen molar-refractivity contribution >= 4 is 15.9 Å². The molecule has 146 valence electrons. The van der Waals surface area contributed by atoms with Gasteiger partial charge in [0.1, 0.15) is 12.2 Å². The molecular formula is C18H19N5O4S. The average Bonchev–Trinajstić information content (AvgIpc) is 3.16. The molecule has 0 saturated carbocycles. The molecule has 2 aromatic rings. The van der Waals surface area contributed by atoms with Gasteiger partial charge in [-0.1, -0.05) is 0 Å². The van der Waals surface area contributed by atoms with Crippen LogP contribution < -0.4 is 4.74 Å². The Morgan fingerprint density at radius 2 is 1.93 bits per heavy atom. The quantitative estimate of drug-likeness (QED) is 0.730. The van der Waals surface area contributed by atoms with Gasteiger partial charge in [-0.15, -0.1) is 0 Å². The van der Waals surface area contributed by atoms with Crippen molar-refractivity contribution in [1.82, 2.24) is 19.2 Å². The normalized spacial score (nSPS) is 16.8. The highest BCUT2D eigenvalue weighted by molar-refractivity contribution is 7.89. The number of likely N-dealkylation sites (tertiary alicyclic amines) is 1. The van der Waals surface area contributed by atoms with Gasteiger partial charge in [-0.25, -0.2) is 22.7 Å². The van der Waals surface area contributed by atoms with Gasteiger partial charge in [-0.2, -0.15) is 5.26 Å². The Kier molecular flexibility index (Phi) is 5.58. The number of aromatic nitrogens is 2. The maximum Gasteiger partial charge on any atom is 0.253 e. The van der Waals surface area contributed by atoms with E-state index in [1.165, 1.54) is 50.8 Å². The molecule has 1 amide bonds. The molecule has 0 radical (unpaired) electrons. The minimum Gasteiger partial charge on any atom is -0.470 e. The number of nitriles is 1. The van der Waals surface area contributed by atoms with Crippen molar-refractivity contribution in [3.8, 4) is 11.9 Å². The molecular weight excluding hydrogens is 382 g/mol.